The molecule has 2 aromatic heterocycles. The SMILES string of the molecule is CCn1c2ccccc2c2cc(-c3cccc(-c4ccc5c(c4)c4ccccc4n5Cc4ccccc4)c3)ccc21. The van der Waals surface area contributed by atoms with Crippen molar-refractivity contribution in [3.63, 3.8) is 0 Å². The maximum atomic E-state index is 2.45. The first-order chi connectivity index (χ1) is 20.3. The molecule has 2 heteroatoms. The van der Waals surface area contributed by atoms with E-state index >= 15 is 0 Å². The summed E-state index contributed by atoms with van der Waals surface area (Å²) in [6.45, 7) is 4.04. The Kier molecular flexibility index (Phi) is 5.53. The van der Waals surface area contributed by atoms with Gasteiger partial charge in [-0.05, 0) is 77.2 Å². The van der Waals surface area contributed by atoms with Crippen molar-refractivity contribution in [3.05, 3.63) is 145 Å². The van der Waals surface area contributed by atoms with Crippen LogP contribution >= 0.6 is 0 Å². The molecule has 2 heterocycles. The van der Waals surface area contributed by atoms with E-state index in [9.17, 15) is 0 Å². The quantitative estimate of drug-likeness (QED) is 0.211. The second-order valence-corrected chi connectivity index (χ2v) is 10.9. The first kappa shape index (κ1) is 23.8. The van der Waals surface area contributed by atoms with Gasteiger partial charge in [-0.3, -0.25) is 0 Å². The molecule has 0 aliphatic rings. The average Bonchev–Trinajstić information content (AvgIpc) is 3.53. The summed E-state index contributed by atoms with van der Waals surface area (Å²) < 4.78 is 4.86. The van der Waals surface area contributed by atoms with Gasteiger partial charge in [-0.2, -0.15) is 0 Å². The fraction of sp³-hybridized carbons (Fsp3) is 0.0769. The van der Waals surface area contributed by atoms with Crippen LogP contribution in [0.15, 0.2) is 140 Å². The van der Waals surface area contributed by atoms with Crippen LogP contribution in [0.1, 0.15) is 12.5 Å². The minimum absolute atomic E-state index is 0.858. The van der Waals surface area contributed by atoms with Crippen LogP contribution in [0.3, 0.4) is 0 Å². The number of fused-ring (bicyclic) bond motifs is 6. The highest BCUT2D eigenvalue weighted by atomic mass is 15.0. The minimum atomic E-state index is 0.858. The lowest BCUT2D eigenvalue weighted by molar-refractivity contribution is 0.827. The molecule has 0 saturated carbocycles. The summed E-state index contributed by atoms with van der Waals surface area (Å²) in [5, 5.41) is 5.24. The summed E-state index contributed by atoms with van der Waals surface area (Å²) in [5.74, 6) is 0. The second-order valence-electron chi connectivity index (χ2n) is 10.9. The zero-order valence-corrected chi connectivity index (χ0v) is 23.1. The van der Waals surface area contributed by atoms with Crippen molar-refractivity contribution in [3.8, 4) is 22.3 Å². The van der Waals surface area contributed by atoms with E-state index in [2.05, 4.69) is 156 Å². The molecular weight excluding hydrogens is 496 g/mol. The number of hydrogen-bond acceptors (Lipinski definition) is 0. The standard InChI is InChI=1S/C39H30N2/c1-2-40-36-17-8-6-15-32(36)34-24-30(19-21-38(34)40)28-13-10-14-29(23-28)31-20-22-39-35(25-31)33-16-7-9-18-37(33)41(39)26-27-11-4-3-5-12-27/h3-25H,2,26H2,1H3. The summed E-state index contributed by atoms with van der Waals surface area (Å²) in [6.07, 6.45) is 0. The summed E-state index contributed by atoms with van der Waals surface area (Å²) in [7, 11) is 0. The number of nitrogens with zero attached hydrogens (tertiary/aromatic N) is 2. The van der Waals surface area contributed by atoms with Gasteiger partial charge in [0.15, 0.2) is 0 Å². The van der Waals surface area contributed by atoms with Gasteiger partial charge in [-0.15, -0.1) is 0 Å². The highest BCUT2D eigenvalue weighted by molar-refractivity contribution is 6.10. The molecule has 0 aliphatic carbocycles. The molecule has 0 spiro atoms. The predicted molar refractivity (Wildman–Crippen MR) is 175 cm³/mol. The van der Waals surface area contributed by atoms with Crippen LogP contribution in [-0.4, -0.2) is 9.13 Å². The van der Waals surface area contributed by atoms with Crippen LogP contribution in [0, 0.1) is 0 Å². The smallest absolute Gasteiger partial charge is 0.0494 e. The monoisotopic (exact) mass is 526 g/mol. The Balaban J connectivity index is 1.24. The first-order valence-electron chi connectivity index (χ1n) is 14.5. The van der Waals surface area contributed by atoms with E-state index in [-0.39, 0.29) is 0 Å². The lowest BCUT2D eigenvalue weighted by atomic mass is 9.97. The van der Waals surface area contributed by atoms with Gasteiger partial charge in [0.25, 0.3) is 0 Å². The van der Waals surface area contributed by atoms with Crippen LogP contribution in [0.25, 0.3) is 65.9 Å². The number of benzene rings is 6. The van der Waals surface area contributed by atoms with Gasteiger partial charge in [0, 0.05) is 56.7 Å². The Morgan fingerprint density at radius 2 is 0.878 bits per heavy atom. The van der Waals surface area contributed by atoms with E-state index in [0.717, 1.165) is 13.1 Å². The summed E-state index contributed by atoms with van der Waals surface area (Å²) in [4.78, 5) is 0. The normalized spacial score (nSPS) is 11.7. The second kappa shape index (κ2) is 9.53. The molecule has 0 bridgehead atoms. The van der Waals surface area contributed by atoms with E-state index < -0.39 is 0 Å². The third-order valence-electron chi connectivity index (χ3n) is 8.57. The Hall–Kier alpha value is -5.08. The lowest BCUT2D eigenvalue weighted by Gasteiger charge is -2.10. The third kappa shape index (κ3) is 3.87. The lowest BCUT2D eigenvalue weighted by Crippen LogP contribution is -1.98. The molecule has 0 unspecified atom stereocenters. The third-order valence-corrected chi connectivity index (χ3v) is 8.57. The van der Waals surface area contributed by atoms with Crippen LogP contribution in [0.4, 0.5) is 0 Å². The van der Waals surface area contributed by atoms with Gasteiger partial charge < -0.3 is 9.13 Å². The average molecular weight is 527 g/mol. The van der Waals surface area contributed by atoms with Crippen molar-refractivity contribution >= 4 is 43.6 Å². The van der Waals surface area contributed by atoms with Gasteiger partial charge in [0.05, 0.1) is 0 Å². The van der Waals surface area contributed by atoms with Crippen LogP contribution < -0.4 is 0 Å². The minimum Gasteiger partial charge on any atom is -0.341 e. The molecule has 0 atom stereocenters. The zero-order valence-electron chi connectivity index (χ0n) is 23.1. The fourth-order valence-corrected chi connectivity index (χ4v) is 6.62. The molecule has 0 radical (unpaired) electrons. The van der Waals surface area contributed by atoms with Gasteiger partial charge in [0.1, 0.15) is 0 Å². The molecule has 0 saturated heterocycles. The summed E-state index contributed by atoms with van der Waals surface area (Å²) >= 11 is 0. The van der Waals surface area contributed by atoms with Crippen LogP contribution in [0.2, 0.25) is 0 Å². The Labute approximate surface area is 239 Å². The Morgan fingerprint density at radius 1 is 0.390 bits per heavy atom. The van der Waals surface area contributed by atoms with Crippen molar-refractivity contribution in [1.29, 1.82) is 0 Å². The topological polar surface area (TPSA) is 9.86 Å². The Bertz CT molecular complexity index is 2210. The maximum Gasteiger partial charge on any atom is 0.0494 e. The number of rotatable bonds is 5. The molecule has 8 rings (SSSR count). The van der Waals surface area contributed by atoms with E-state index in [1.165, 1.54) is 71.4 Å². The van der Waals surface area contributed by atoms with Crippen molar-refractivity contribution in [1.82, 2.24) is 9.13 Å². The zero-order chi connectivity index (χ0) is 27.3. The van der Waals surface area contributed by atoms with Crippen molar-refractivity contribution in [2.75, 3.05) is 0 Å². The van der Waals surface area contributed by atoms with E-state index in [4.69, 9.17) is 0 Å². The van der Waals surface area contributed by atoms with E-state index in [0.29, 0.717) is 0 Å². The molecular formula is C39H30N2. The maximum absolute atomic E-state index is 2.45. The van der Waals surface area contributed by atoms with Gasteiger partial charge >= 0.3 is 0 Å². The number of aryl methyl sites for hydroxylation is 1. The molecule has 0 fully saturated rings. The highest BCUT2D eigenvalue weighted by Crippen LogP contribution is 2.36. The first-order valence-corrected chi connectivity index (χ1v) is 14.5. The molecule has 6 aromatic carbocycles. The van der Waals surface area contributed by atoms with Gasteiger partial charge in [-0.25, -0.2) is 0 Å². The number of aromatic nitrogens is 2. The van der Waals surface area contributed by atoms with Crippen LogP contribution in [0.5, 0.6) is 0 Å². The molecule has 8 aromatic rings. The van der Waals surface area contributed by atoms with Gasteiger partial charge in [0.2, 0.25) is 0 Å². The van der Waals surface area contributed by atoms with Crippen molar-refractivity contribution in [2.45, 2.75) is 20.0 Å². The fourth-order valence-electron chi connectivity index (χ4n) is 6.62. The molecule has 41 heavy (non-hydrogen) atoms. The largest absolute Gasteiger partial charge is 0.341 e. The van der Waals surface area contributed by atoms with Crippen LogP contribution in [-0.2, 0) is 13.1 Å². The number of para-hydroxylation sites is 2. The Morgan fingerprint density at radius 3 is 1.49 bits per heavy atom. The summed E-state index contributed by atoms with van der Waals surface area (Å²) in [5.41, 5.74) is 11.4. The van der Waals surface area contributed by atoms with E-state index in [1.54, 1.807) is 0 Å². The van der Waals surface area contributed by atoms with Gasteiger partial charge in [-0.1, -0.05) is 97.1 Å². The molecule has 0 amide bonds. The molecule has 0 N–H and O–H groups in total. The molecule has 0 aliphatic heterocycles. The van der Waals surface area contributed by atoms with E-state index in [1.807, 2.05) is 0 Å². The van der Waals surface area contributed by atoms with Crippen molar-refractivity contribution < 1.29 is 0 Å². The van der Waals surface area contributed by atoms with Crippen molar-refractivity contribution in [2.24, 2.45) is 0 Å². The molecule has 196 valence electrons. The number of hydrogen-bond donors (Lipinski definition) is 0. The molecule has 2 nitrogen and oxygen atoms in total. The summed E-state index contributed by atoms with van der Waals surface area (Å²) in [6, 6.07) is 51.1. The predicted octanol–water partition coefficient (Wildman–Crippen LogP) is 10.3. The highest BCUT2D eigenvalue weighted by Gasteiger charge is 2.14.